The van der Waals surface area contributed by atoms with Crippen molar-refractivity contribution in [1.29, 1.82) is 0 Å². The quantitative estimate of drug-likeness (QED) is 0.808. The van der Waals surface area contributed by atoms with Gasteiger partial charge in [0.2, 0.25) is 5.91 Å². The number of hydrogen-bond acceptors (Lipinski definition) is 3. The lowest BCUT2D eigenvalue weighted by Gasteiger charge is -2.11. The first-order chi connectivity index (χ1) is 7.27. The minimum atomic E-state index is 0.168. The van der Waals surface area contributed by atoms with Crippen molar-refractivity contribution in [2.75, 3.05) is 6.54 Å². The molecule has 0 spiro atoms. The van der Waals surface area contributed by atoms with Crippen LogP contribution in [-0.4, -0.2) is 17.4 Å². The van der Waals surface area contributed by atoms with Gasteiger partial charge in [0.05, 0.1) is 5.01 Å². The lowest BCUT2D eigenvalue weighted by molar-refractivity contribution is -0.125. The summed E-state index contributed by atoms with van der Waals surface area (Å²) in [4.78, 5) is 15.8. The van der Waals surface area contributed by atoms with Crippen LogP contribution in [0.2, 0.25) is 0 Å². The number of amides is 1. The maximum atomic E-state index is 11.6. The average molecular weight is 226 g/mol. The second kappa shape index (κ2) is 6.56. The summed E-state index contributed by atoms with van der Waals surface area (Å²) in [6.45, 7) is 4.80. The summed E-state index contributed by atoms with van der Waals surface area (Å²) < 4.78 is 0. The Morgan fingerprint density at radius 3 is 2.80 bits per heavy atom. The van der Waals surface area contributed by atoms with Crippen LogP contribution in [-0.2, 0) is 11.2 Å². The minimum absolute atomic E-state index is 0.168. The average Bonchev–Trinajstić information content (AvgIpc) is 2.72. The zero-order valence-electron chi connectivity index (χ0n) is 9.32. The van der Waals surface area contributed by atoms with E-state index in [0.29, 0.717) is 6.54 Å². The van der Waals surface area contributed by atoms with E-state index in [-0.39, 0.29) is 11.8 Å². The number of aromatic nitrogens is 1. The Kier molecular flexibility index (Phi) is 5.32. The molecule has 0 aliphatic heterocycles. The van der Waals surface area contributed by atoms with Crippen LogP contribution in [0.4, 0.5) is 0 Å². The minimum Gasteiger partial charge on any atom is -0.355 e. The van der Waals surface area contributed by atoms with Gasteiger partial charge in [-0.15, -0.1) is 11.3 Å². The predicted molar refractivity (Wildman–Crippen MR) is 62.9 cm³/mol. The van der Waals surface area contributed by atoms with Crippen LogP contribution >= 0.6 is 11.3 Å². The molecule has 0 aromatic carbocycles. The van der Waals surface area contributed by atoms with Crippen molar-refractivity contribution < 1.29 is 4.79 Å². The Morgan fingerprint density at radius 1 is 1.53 bits per heavy atom. The van der Waals surface area contributed by atoms with E-state index in [1.54, 1.807) is 17.5 Å². The van der Waals surface area contributed by atoms with E-state index in [1.165, 1.54) is 0 Å². The Hall–Kier alpha value is -0.900. The SMILES string of the molecule is CCC(CC)C(=O)NCCc1nccs1. The van der Waals surface area contributed by atoms with Gasteiger partial charge in [-0.05, 0) is 12.8 Å². The van der Waals surface area contributed by atoms with Crippen molar-refractivity contribution in [1.82, 2.24) is 10.3 Å². The molecule has 84 valence electrons. The molecule has 4 heteroatoms. The Labute approximate surface area is 94.9 Å². The van der Waals surface area contributed by atoms with Gasteiger partial charge in [-0.1, -0.05) is 13.8 Å². The molecule has 1 amide bonds. The third-order valence-corrected chi connectivity index (χ3v) is 3.32. The molecular weight excluding hydrogens is 208 g/mol. The number of carbonyl (C=O) groups is 1. The van der Waals surface area contributed by atoms with Crippen molar-refractivity contribution >= 4 is 17.2 Å². The predicted octanol–water partition coefficient (Wildman–Crippen LogP) is 2.24. The highest BCUT2D eigenvalue weighted by Gasteiger charge is 2.12. The van der Waals surface area contributed by atoms with Gasteiger partial charge in [0.25, 0.3) is 0 Å². The number of thiazole rings is 1. The normalized spacial score (nSPS) is 10.6. The molecule has 0 saturated heterocycles. The molecule has 0 unspecified atom stereocenters. The van der Waals surface area contributed by atoms with E-state index in [0.717, 1.165) is 24.3 Å². The summed E-state index contributed by atoms with van der Waals surface area (Å²) in [5, 5.41) is 5.99. The maximum absolute atomic E-state index is 11.6. The van der Waals surface area contributed by atoms with E-state index in [9.17, 15) is 4.79 Å². The van der Waals surface area contributed by atoms with Gasteiger partial charge in [0.15, 0.2) is 0 Å². The number of nitrogens with one attached hydrogen (secondary N) is 1. The molecule has 15 heavy (non-hydrogen) atoms. The molecule has 0 bridgehead atoms. The monoisotopic (exact) mass is 226 g/mol. The highest BCUT2D eigenvalue weighted by Crippen LogP contribution is 2.07. The molecule has 0 radical (unpaired) electrons. The molecule has 0 aliphatic carbocycles. The summed E-state index contributed by atoms with van der Waals surface area (Å²) in [6, 6.07) is 0. The molecule has 0 fully saturated rings. The molecule has 1 aromatic heterocycles. The van der Waals surface area contributed by atoms with Crippen LogP contribution in [0.25, 0.3) is 0 Å². The topological polar surface area (TPSA) is 42.0 Å². The number of rotatable bonds is 6. The summed E-state index contributed by atoms with van der Waals surface area (Å²) in [5.41, 5.74) is 0. The molecule has 1 N–H and O–H groups in total. The van der Waals surface area contributed by atoms with Crippen molar-refractivity contribution in [2.24, 2.45) is 5.92 Å². The largest absolute Gasteiger partial charge is 0.355 e. The smallest absolute Gasteiger partial charge is 0.223 e. The van der Waals surface area contributed by atoms with Gasteiger partial charge in [0, 0.05) is 30.5 Å². The van der Waals surface area contributed by atoms with Crippen molar-refractivity contribution in [3.63, 3.8) is 0 Å². The first kappa shape index (κ1) is 12.2. The molecule has 1 aromatic rings. The lowest BCUT2D eigenvalue weighted by Crippen LogP contribution is -2.31. The van der Waals surface area contributed by atoms with E-state index in [2.05, 4.69) is 24.1 Å². The van der Waals surface area contributed by atoms with Crippen molar-refractivity contribution in [3.8, 4) is 0 Å². The summed E-state index contributed by atoms with van der Waals surface area (Å²) >= 11 is 1.63. The second-order valence-corrected chi connectivity index (χ2v) is 4.46. The Morgan fingerprint density at radius 2 is 2.27 bits per heavy atom. The molecule has 1 heterocycles. The Balaban J connectivity index is 2.22. The highest BCUT2D eigenvalue weighted by molar-refractivity contribution is 7.09. The van der Waals surface area contributed by atoms with Crippen molar-refractivity contribution in [2.45, 2.75) is 33.1 Å². The van der Waals surface area contributed by atoms with Crippen LogP contribution < -0.4 is 5.32 Å². The first-order valence-corrected chi connectivity index (χ1v) is 6.32. The molecule has 0 atom stereocenters. The molecular formula is C11H18N2OS. The number of carbonyl (C=O) groups excluding carboxylic acids is 1. The summed E-state index contributed by atoms with van der Waals surface area (Å²) in [7, 11) is 0. The summed E-state index contributed by atoms with van der Waals surface area (Å²) in [5.74, 6) is 0.345. The molecule has 3 nitrogen and oxygen atoms in total. The van der Waals surface area contributed by atoms with Gasteiger partial charge in [-0.2, -0.15) is 0 Å². The second-order valence-electron chi connectivity index (χ2n) is 3.48. The van der Waals surface area contributed by atoms with E-state index >= 15 is 0 Å². The fourth-order valence-electron chi connectivity index (χ4n) is 1.47. The van der Waals surface area contributed by atoms with Crippen LogP contribution in [0.1, 0.15) is 31.7 Å². The zero-order valence-corrected chi connectivity index (χ0v) is 10.1. The van der Waals surface area contributed by atoms with Gasteiger partial charge >= 0.3 is 0 Å². The fraction of sp³-hybridized carbons (Fsp3) is 0.636. The molecule has 0 aliphatic rings. The van der Waals surface area contributed by atoms with E-state index < -0.39 is 0 Å². The number of nitrogens with zero attached hydrogens (tertiary/aromatic N) is 1. The lowest BCUT2D eigenvalue weighted by atomic mass is 10.0. The standard InChI is InChI=1S/C11H18N2OS/c1-3-9(4-2)11(14)13-6-5-10-12-7-8-15-10/h7-9H,3-6H2,1-2H3,(H,13,14). The fourth-order valence-corrected chi connectivity index (χ4v) is 2.09. The third-order valence-electron chi connectivity index (χ3n) is 2.48. The van der Waals surface area contributed by atoms with Gasteiger partial charge in [-0.25, -0.2) is 4.98 Å². The Bertz CT molecular complexity index is 281. The number of hydrogen-bond donors (Lipinski definition) is 1. The highest BCUT2D eigenvalue weighted by atomic mass is 32.1. The molecule has 1 rings (SSSR count). The van der Waals surface area contributed by atoms with Gasteiger partial charge in [-0.3, -0.25) is 4.79 Å². The molecule has 0 saturated carbocycles. The van der Waals surface area contributed by atoms with Gasteiger partial charge in [0.1, 0.15) is 0 Å². The summed E-state index contributed by atoms with van der Waals surface area (Å²) in [6.07, 6.45) is 4.46. The van der Waals surface area contributed by atoms with Crippen LogP contribution in [0, 0.1) is 5.92 Å². The zero-order chi connectivity index (χ0) is 11.1. The van der Waals surface area contributed by atoms with Crippen LogP contribution in [0.15, 0.2) is 11.6 Å². The van der Waals surface area contributed by atoms with E-state index in [1.807, 2.05) is 5.38 Å². The third kappa shape index (κ3) is 4.00. The van der Waals surface area contributed by atoms with E-state index in [4.69, 9.17) is 0 Å². The van der Waals surface area contributed by atoms with Crippen LogP contribution in [0.3, 0.4) is 0 Å². The van der Waals surface area contributed by atoms with Crippen molar-refractivity contribution in [3.05, 3.63) is 16.6 Å². The van der Waals surface area contributed by atoms with Gasteiger partial charge < -0.3 is 5.32 Å². The first-order valence-electron chi connectivity index (χ1n) is 5.44. The van der Waals surface area contributed by atoms with Crippen LogP contribution in [0.5, 0.6) is 0 Å². The maximum Gasteiger partial charge on any atom is 0.223 e.